The van der Waals surface area contributed by atoms with E-state index in [0.29, 0.717) is 33.6 Å². The number of hydrogen-bond donors (Lipinski definition) is 3. The summed E-state index contributed by atoms with van der Waals surface area (Å²) in [6.45, 7) is 4.87. The minimum atomic E-state index is -2.71. The van der Waals surface area contributed by atoms with Gasteiger partial charge >= 0.3 is 29.6 Å². The predicted molar refractivity (Wildman–Crippen MR) is 125 cm³/mol. The molecule has 1 aromatic heterocycles. The standard InChI is InChI=1S/C26H34FNO6.Na/c1-15(2)25-21(10-9-19(30)11-20(31)12-23(32)33)24(17-5-7-18(27)8-6-17)22(14-34-4)26(28-25)16(3)13-29;/h5-10,15-16,19-20,29-31H,11-14H2,1-4H3,(H,32,33);/q;+1/p-1/b10-9+;/t16-,19-,20-;/m1./s1/i4D3;. The number of aliphatic hydroxyl groups excluding tert-OH is 3. The maximum Gasteiger partial charge on any atom is 1.00 e. The summed E-state index contributed by atoms with van der Waals surface area (Å²) in [7, 11) is -2.71. The number of carbonyl (C=O) groups is 1. The first-order valence-electron chi connectivity index (χ1n) is 12.5. The van der Waals surface area contributed by atoms with Crippen molar-refractivity contribution in [3.63, 3.8) is 0 Å². The third kappa shape index (κ3) is 8.75. The van der Waals surface area contributed by atoms with Crippen LogP contribution in [0.15, 0.2) is 30.3 Å². The second-order valence-corrected chi connectivity index (χ2v) is 8.58. The van der Waals surface area contributed by atoms with E-state index >= 15 is 0 Å². The summed E-state index contributed by atoms with van der Waals surface area (Å²) in [5, 5.41) is 40.9. The number of methoxy groups -OCH3 is 1. The number of rotatable bonds is 12. The number of carboxylic acids is 1. The number of pyridine rings is 1. The van der Waals surface area contributed by atoms with Gasteiger partial charge in [0.05, 0.1) is 40.9 Å². The minimum Gasteiger partial charge on any atom is -0.550 e. The van der Waals surface area contributed by atoms with Crippen molar-refractivity contribution in [2.45, 2.75) is 64.3 Å². The van der Waals surface area contributed by atoms with Gasteiger partial charge in [0.25, 0.3) is 0 Å². The topological polar surface area (TPSA) is 123 Å². The molecule has 2 aromatic rings. The Morgan fingerprint density at radius 1 is 1.23 bits per heavy atom. The van der Waals surface area contributed by atoms with Gasteiger partial charge in [0.1, 0.15) is 5.82 Å². The Morgan fingerprint density at radius 3 is 2.43 bits per heavy atom. The van der Waals surface area contributed by atoms with E-state index in [1.165, 1.54) is 30.3 Å². The number of nitrogens with zero attached hydrogens (tertiary/aromatic N) is 1. The summed E-state index contributed by atoms with van der Waals surface area (Å²) in [5.74, 6) is -2.54. The molecular formula is C26H33FNNaO6. The largest absolute Gasteiger partial charge is 1.00 e. The monoisotopic (exact) mass is 500 g/mol. The van der Waals surface area contributed by atoms with Gasteiger partial charge in [-0.1, -0.05) is 45.1 Å². The molecule has 0 radical (unpaired) electrons. The SMILES string of the molecule is [2H]C([2H])([2H])OCc1c([C@H](C)CO)nc(C(C)C)c(/C=C/[C@@H](O)C[C@@H](O)CC(=O)[O-])c1-c1ccc(F)cc1.[Na+]. The van der Waals surface area contributed by atoms with Crippen molar-refractivity contribution < 1.29 is 68.0 Å². The van der Waals surface area contributed by atoms with Crippen LogP contribution in [-0.2, 0) is 16.1 Å². The first-order valence-corrected chi connectivity index (χ1v) is 11.0. The maximum absolute atomic E-state index is 13.8. The number of halogens is 1. The second kappa shape index (κ2) is 14.8. The Bertz CT molecular complexity index is 1100. The van der Waals surface area contributed by atoms with Crippen LogP contribution >= 0.6 is 0 Å². The molecule has 186 valence electrons. The van der Waals surface area contributed by atoms with Gasteiger partial charge < -0.3 is 30.0 Å². The molecule has 0 unspecified atom stereocenters. The van der Waals surface area contributed by atoms with E-state index in [1.54, 1.807) is 13.0 Å². The minimum absolute atomic E-state index is 0. The smallest absolute Gasteiger partial charge is 0.550 e. The van der Waals surface area contributed by atoms with Gasteiger partial charge in [-0.15, -0.1) is 0 Å². The van der Waals surface area contributed by atoms with Crippen LogP contribution in [0.2, 0.25) is 0 Å². The number of benzene rings is 1. The normalized spacial score (nSPS) is 15.7. The van der Waals surface area contributed by atoms with Gasteiger partial charge in [0.15, 0.2) is 0 Å². The van der Waals surface area contributed by atoms with Gasteiger partial charge in [0.2, 0.25) is 0 Å². The molecule has 0 aliphatic rings. The first-order chi connectivity index (χ1) is 17.2. The Balaban J connectivity index is 0.00000722. The molecule has 0 aliphatic carbocycles. The van der Waals surface area contributed by atoms with Crippen molar-refractivity contribution in [3.05, 3.63) is 58.7 Å². The van der Waals surface area contributed by atoms with Crippen LogP contribution in [0.25, 0.3) is 17.2 Å². The zero-order chi connectivity index (χ0) is 27.9. The summed E-state index contributed by atoms with van der Waals surface area (Å²) in [6, 6.07) is 5.57. The number of carbonyl (C=O) groups excluding carboxylic acids is 1. The number of ether oxygens (including phenoxy) is 1. The van der Waals surface area contributed by atoms with Crippen LogP contribution < -0.4 is 34.7 Å². The van der Waals surface area contributed by atoms with Crippen molar-refractivity contribution in [2.75, 3.05) is 13.6 Å². The third-order valence-corrected chi connectivity index (χ3v) is 5.43. The van der Waals surface area contributed by atoms with Crippen molar-refractivity contribution in [1.82, 2.24) is 4.98 Å². The number of aliphatic hydroxyl groups is 3. The number of aliphatic carboxylic acids is 1. The summed E-state index contributed by atoms with van der Waals surface area (Å²) in [4.78, 5) is 15.5. The van der Waals surface area contributed by atoms with Gasteiger partial charge in [-0.05, 0) is 29.2 Å². The Morgan fingerprint density at radius 2 is 1.89 bits per heavy atom. The van der Waals surface area contributed by atoms with Crippen LogP contribution in [0.1, 0.15) is 72.1 Å². The van der Waals surface area contributed by atoms with Crippen molar-refractivity contribution in [1.29, 1.82) is 0 Å². The van der Waals surface area contributed by atoms with E-state index in [-0.39, 0.29) is 55.1 Å². The Hall–Kier alpha value is -1.65. The molecule has 3 N–H and O–H groups in total. The third-order valence-electron chi connectivity index (χ3n) is 5.43. The Labute approximate surface area is 232 Å². The zero-order valence-electron chi connectivity index (χ0n) is 23.5. The van der Waals surface area contributed by atoms with Crippen LogP contribution in [0.3, 0.4) is 0 Å². The van der Waals surface area contributed by atoms with Crippen molar-refractivity contribution in [2.24, 2.45) is 0 Å². The fourth-order valence-electron chi connectivity index (χ4n) is 3.78. The molecule has 1 aromatic carbocycles. The summed E-state index contributed by atoms with van der Waals surface area (Å²) in [5.41, 5.74) is 2.93. The summed E-state index contributed by atoms with van der Waals surface area (Å²) < 4.78 is 41.4. The molecule has 7 nitrogen and oxygen atoms in total. The van der Waals surface area contributed by atoms with E-state index in [4.69, 9.17) is 13.8 Å². The molecule has 2 rings (SSSR count). The average Bonchev–Trinajstić information content (AvgIpc) is 2.79. The molecule has 0 saturated carbocycles. The van der Waals surface area contributed by atoms with Crippen molar-refractivity contribution in [3.8, 4) is 11.1 Å². The fourth-order valence-corrected chi connectivity index (χ4v) is 3.78. The molecule has 0 spiro atoms. The van der Waals surface area contributed by atoms with Crippen LogP contribution in [0.4, 0.5) is 4.39 Å². The molecular weight excluding hydrogens is 464 g/mol. The van der Waals surface area contributed by atoms with Crippen LogP contribution in [-0.4, -0.2) is 52.1 Å². The van der Waals surface area contributed by atoms with E-state index in [0.717, 1.165) is 0 Å². The molecule has 0 saturated heterocycles. The molecule has 1 heterocycles. The van der Waals surface area contributed by atoms with E-state index in [9.17, 15) is 29.6 Å². The molecule has 0 bridgehead atoms. The van der Waals surface area contributed by atoms with Gasteiger partial charge in [-0.25, -0.2) is 4.39 Å². The predicted octanol–water partition coefficient (Wildman–Crippen LogP) is -0.478. The summed E-state index contributed by atoms with van der Waals surface area (Å²) >= 11 is 0. The molecule has 0 aliphatic heterocycles. The first kappa shape index (κ1) is 26.4. The van der Waals surface area contributed by atoms with Gasteiger partial charge in [0, 0.05) is 42.9 Å². The van der Waals surface area contributed by atoms with E-state index < -0.39 is 43.4 Å². The average molecular weight is 501 g/mol. The Kier molecular flexibility index (Phi) is 11.2. The number of carboxylic acid groups (broad SMARTS) is 1. The molecule has 0 amide bonds. The zero-order valence-corrected chi connectivity index (χ0v) is 22.5. The quantitative estimate of drug-likeness (QED) is 0.337. The molecule has 3 atom stereocenters. The van der Waals surface area contributed by atoms with Crippen LogP contribution in [0, 0.1) is 5.82 Å². The maximum atomic E-state index is 13.8. The molecule has 35 heavy (non-hydrogen) atoms. The van der Waals surface area contributed by atoms with E-state index in [1.807, 2.05) is 13.8 Å². The molecule has 0 fully saturated rings. The fraction of sp³-hybridized carbons (Fsp3) is 0.462. The second-order valence-electron chi connectivity index (χ2n) is 8.58. The van der Waals surface area contributed by atoms with Gasteiger partial charge in [-0.2, -0.15) is 0 Å². The number of aromatic nitrogens is 1. The van der Waals surface area contributed by atoms with Crippen molar-refractivity contribution >= 4 is 12.0 Å². The molecule has 9 heteroatoms. The van der Waals surface area contributed by atoms with Gasteiger partial charge in [-0.3, -0.25) is 4.98 Å². The summed E-state index contributed by atoms with van der Waals surface area (Å²) in [6.07, 6.45) is -0.486. The van der Waals surface area contributed by atoms with Crippen LogP contribution in [0.5, 0.6) is 0 Å². The number of hydrogen-bond acceptors (Lipinski definition) is 7. The van der Waals surface area contributed by atoms with E-state index in [2.05, 4.69) is 0 Å².